The molecule has 1 saturated heterocycles. The Balaban J connectivity index is 2.28. The summed E-state index contributed by atoms with van der Waals surface area (Å²) in [4.78, 5) is 2.45. The maximum absolute atomic E-state index is 9.06. The van der Waals surface area contributed by atoms with Crippen LogP contribution in [-0.4, -0.2) is 49.8 Å². The number of ether oxygens (including phenoxy) is 1. The van der Waals surface area contributed by atoms with E-state index in [4.69, 9.17) is 10.00 Å². The highest BCUT2D eigenvalue weighted by atomic mass is 16.5. The monoisotopic (exact) mass is 239 g/mol. The molecule has 1 aliphatic heterocycles. The fourth-order valence-corrected chi connectivity index (χ4v) is 2.18. The molecule has 1 N–H and O–H groups in total. The van der Waals surface area contributed by atoms with E-state index >= 15 is 0 Å². The van der Waals surface area contributed by atoms with Gasteiger partial charge in [-0.25, -0.2) is 0 Å². The molecule has 0 spiro atoms. The third-order valence-corrected chi connectivity index (χ3v) is 3.49. The Morgan fingerprint density at radius 2 is 2.35 bits per heavy atom. The molecule has 0 amide bonds. The molecule has 17 heavy (non-hydrogen) atoms. The molecule has 1 heterocycles. The van der Waals surface area contributed by atoms with Gasteiger partial charge in [-0.05, 0) is 46.7 Å². The van der Waals surface area contributed by atoms with Crippen LogP contribution in [0.4, 0.5) is 0 Å². The summed E-state index contributed by atoms with van der Waals surface area (Å²) >= 11 is 0. The summed E-state index contributed by atoms with van der Waals surface area (Å²) < 4.78 is 5.62. The van der Waals surface area contributed by atoms with E-state index in [2.05, 4.69) is 23.2 Å². The SMILES string of the molecule is CNC(C)(C#N)CCCN1CCCOC(C)C1. The zero-order chi connectivity index (χ0) is 12.7. The van der Waals surface area contributed by atoms with E-state index in [9.17, 15) is 0 Å². The minimum absolute atomic E-state index is 0.337. The fourth-order valence-electron chi connectivity index (χ4n) is 2.18. The molecular formula is C13H25N3O. The van der Waals surface area contributed by atoms with Gasteiger partial charge in [0.2, 0.25) is 0 Å². The van der Waals surface area contributed by atoms with Crippen molar-refractivity contribution < 1.29 is 4.74 Å². The zero-order valence-electron chi connectivity index (χ0n) is 11.3. The second-order valence-electron chi connectivity index (χ2n) is 5.13. The maximum Gasteiger partial charge on any atom is 0.103 e. The molecule has 0 aliphatic carbocycles. The van der Waals surface area contributed by atoms with Crippen LogP contribution in [0.15, 0.2) is 0 Å². The van der Waals surface area contributed by atoms with Crippen LogP contribution in [0.5, 0.6) is 0 Å². The molecule has 4 nitrogen and oxygen atoms in total. The molecule has 0 radical (unpaired) electrons. The highest BCUT2D eigenvalue weighted by Gasteiger charge is 2.21. The zero-order valence-corrected chi connectivity index (χ0v) is 11.3. The average Bonchev–Trinajstić information content (AvgIpc) is 2.53. The first-order chi connectivity index (χ1) is 8.09. The van der Waals surface area contributed by atoms with Crippen molar-refractivity contribution in [3.63, 3.8) is 0 Å². The first-order valence-electron chi connectivity index (χ1n) is 6.54. The standard InChI is InChI=1S/C13H25N3O/c1-12-10-16(8-5-9-17-12)7-4-6-13(2,11-14)15-3/h12,15H,4-10H2,1-3H3. The normalized spacial score (nSPS) is 25.9. The molecule has 0 aromatic rings. The number of hydrogen-bond donors (Lipinski definition) is 1. The maximum atomic E-state index is 9.06. The summed E-state index contributed by atoms with van der Waals surface area (Å²) in [5.74, 6) is 0. The number of rotatable bonds is 5. The van der Waals surface area contributed by atoms with Crippen LogP contribution >= 0.6 is 0 Å². The smallest absolute Gasteiger partial charge is 0.103 e. The van der Waals surface area contributed by atoms with Crippen molar-refractivity contribution in [1.29, 1.82) is 5.26 Å². The lowest BCUT2D eigenvalue weighted by Crippen LogP contribution is -2.39. The Labute approximate surface area is 105 Å². The Morgan fingerprint density at radius 1 is 1.59 bits per heavy atom. The van der Waals surface area contributed by atoms with Crippen LogP contribution in [0.2, 0.25) is 0 Å². The lowest BCUT2D eigenvalue weighted by atomic mass is 9.98. The molecule has 0 aromatic heterocycles. The van der Waals surface area contributed by atoms with Gasteiger partial charge in [-0.3, -0.25) is 0 Å². The largest absolute Gasteiger partial charge is 0.377 e. The van der Waals surface area contributed by atoms with Crippen molar-refractivity contribution in [2.45, 2.75) is 44.8 Å². The van der Waals surface area contributed by atoms with E-state index in [0.29, 0.717) is 6.10 Å². The van der Waals surface area contributed by atoms with Gasteiger partial charge in [-0.1, -0.05) is 0 Å². The minimum atomic E-state index is -0.381. The predicted octanol–water partition coefficient (Wildman–Crippen LogP) is 1.38. The molecule has 0 saturated carbocycles. The quantitative estimate of drug-likeness (QED) is 0.787. The van der Waals surface area contributed by atoms with E-state index in [-0.39, 0.29) is 5.54 Å². The van der Waals surface area contributed by atoms with Gasteiger partial charge in [0, 0.05) is 19.7 Å². The summed E-state index contributed by atoms with van der Waals surface area (Å²) in [5, 5.41) is 12.1. The van der Waals surface area contributed by atoms with Gasteiger partial charge < -0.3 is 15.0 Å². The van der Waals surface area contributed by atoms with Crippen LogP contribution in [0, 0.1) is 11.3 Å². The summed E-state index contributed by atoms with van der Waals surface area (Å²) in [5.41, 5.74) is -0.381. The van der Waals surface area contributed by atoms with Crippen LogP contribution in [-0.2, 0) is 4.74 Å². The summed E-state index contributed by atoms with van der Waals surface area (Å²) in [6.07, 6.45) is 3.40. The van der Waals surface area contributed by atoms with Gasteiger partial charge in [-0.15, -0.1) is 0 Å². The molecule has 1 fully saturated rings. The van der Waals surface area contributed by atoms with Crippen molar-refractivity contribution in [3.05, 3.63) is 0 Å². The van der Waals surface area contributed by atoms with Crippen molar-refractivity contribution in [2.24, 2.45) is 0 Å². The fraction of sp³-hybridized carbons (Fsp3) is 0.923. The minimum Gasteiger partial charge on any atom is -0.377 e. The topological polar surface area (TPSA) is 48.3 Å². The van der Waals surface area contributed by atoms with Crippen LogP contribution < -0.4 is 5.32 Å². The Bertz CT molecular complexity index is 264. The molecule has 0 aromatic carbocycles. The van der Waals surface area contributed by atoms with Gasteiger partial charge in [0.25, 0.3) is 0 Å². The van der Waals surface area contributed by atoms with E-state index in [1.54, 1.807) is 0 Å². The molecule has 1 aliphatic rings. The van der Waals surface area contributed by atoms with Gasteiger partial charge in [0.15, 0.2) is 0 Å². The van der Waals surface area contributed by atoms with Crippen molar-refractivity contribution in [3.8, 4) is 6.07 Å². The van der Waals surface area contributed by atoms with Gasteiger partial charge >= 0.3 is 0 Å². The van der Waals surface area contributed by atoms with Crippen molar-refractivity contribution in [2.75, 3.05) is 33.3 Å². The highest BCUT2D eigenvalue weighted by Crippen LogP contribution is 2.12. The lowest BCUT2D eigenvalue weighted by molar-refractivity contribution is 0.0674. The summed E-state index contributed by atoms with van der Waals surface area (Å²) in [6, 6.07) is 2.33. The molecule has 0 bridgehead atoms. The molecule has 1 rings (SSSR count). The van der Waals surface area contributed by atoms with E-state index in [1.807, 2.05) is 14.0 Å². The number of nitriles is 1. The van der Waals surface area contributed by atoms with Gasteiger partial charge in [-0.2, -0.15) is 5.26 Å². The third kappa shape index (κ3) is 5.03. The summed E-state index contributed by atoms with van der Waals surface area (Å²) in [7, 11) is 1.85. The number of nitrogens with one attached hydrogen (secondary N) is 1. The first-order valence-corrected chi connectivity index (χ1v) is 6.54. The number of nitrogens with zero attached hydrogens (tertiary/aromatic N) is 2. The average molecular weight is 239 g/mol. The second kappa shape index (κ2) is 6.95. The Hall–Kier alpha value is -0.630. The van der Waals surface area contributed by atoms with E-state index in [1.165, 1.54) is 0 Å². The van der Waals surface area contributed by atoms with Crippen LogP contribution in [0.1, 0.15) is 33.1 Å². The Morgan fingerprint density at radius 3 is 3.00 bits per heavy atom. The molecule has 98 valence electrons. The van der Waals surface area contributed by atoms with Crippen LogP contribution in [0.25, 0.3) is 0 Å². The lowest BCUT2D eigenvalue weighted by Gasteiger charge is -2.25. The van der Waals surface area contributed by atoms with E-state index in [0.717, 1.165) is 45.5 Å². The van der Waals surface area contributed by atoms with E-state index < -0.39 is 0 Å². The molecular weight excluding hydrogens is 214 g/mol. The molecule has 2 unspecified atom stereocenters. The predicted molar refractivity (Wildman–Crippen MR) is 68.8 cm³/mol. The summed E-state index contributed by atoms with van der Waals surface area (Å²) in [6.45, 7) is 8.17. The first kappa shape index (κ1) is 14.4. The number of hydrogen-bond acceptors (Lipinski definition) is 4. The Kier molecular flexibility index (Phi) is 5.90. The second-order valence-corrected chi connectivity index (χ2v) is 5.13. The van der Waals surface area contributed by atoms with Crippen molar-refractivity contribution >= 4 is 0 Å². The highest BCUT2D eigenvalue weighted by molar-refractivity contribution is 5.02. The van der Waals surface area contributed by atoms with Gasteiger partial charge in [0.1, 0.15) is 5.54 Å². The van der Waals surface area contributed by atoms with Gasteiger partial charge in [0.05, 0.1) is 12.2 Å². The van der Waals surface area contributed by atoms with Crippen molar-refractivity contribution in [1.82, 2.24) is 10.2 Å². The molecule has 4 heteroatoms. The third-order valence-electron chi connectivity index (χ3n) is 3.49. The molecule has 2 atom stereocenters. The van der Waals surface area contributed by atoms with Crippen LogP contribution in [0.3, 0.4) is 0 Å².